The van der Waals surface area contributed by atoms with Gasteiger partial charge in [-0.15, -0.1) is 0 Å². The summed E-state index contributed by atoms with van der Waals surface area (Å²) in [5.41, 5.74) is 0.691. The summed E-state index contributed by atoms with van der Waals surface area (Å²) in [4.78, 5) is 29.5. The van der Waals surface area contributed by atoms with Gasteiger partial charge in [-0.25, -0.2) is 16.8 Å². The number of ether oxygens (including phenoxy) is 1. The molecule has 0 radical (unpaired) electrons. The average Bonchev–Trinajstić information content (AvgIpc) is 3.19. The quantitative estimate of drug-likeness (QED) is 0.419. The fourth-order valence-corrected chi connectivity index (χ4v) is 7.54. The van der Waals surface area contributed by atoms with Crippen LogP contribution in [0.1, 0.15) is 30.1 Å². The van der Waals surface area contributed by atoms with Crippen molar-refractivity contribution < 1.29 is 31.2 Å². The van der Waals surface area contributed by atoms with Crippen LogP contribution < -0.4 is 4.80 Å². The van der Waals surface area contributed by atoms with E-state index in [1.165, 1.54) is 52.4 Å². The van der Waals surface area contributed by atoms with Crippen LogP contribution in [0.2, 0.25) is 0 Å². The first-order chi connectivity index (χ1) is 17.4. The van der Waals surface area contributed by atoms with Crippen LogP contribution in [0.25, 0.3) is 10.2 Å². The molecule has 0 saturated carbocycles. The van der Waals surface area contributed by atoms with Crippen LogP contribution in [-0.2, 0) is 35.9 Å². The van der Waals surface area contributed by atoms with Gasteiger partial charge < -0.3 is 9.30 Å². The number of hydrogen-bond acceptors (Lipinski definition) is 8. The Bertz CT molecular complexity index is 1640. The van der Waals surface area contributed by atoms with Gasteiger partial charge in [0.15, 0.2) is 14.6 Å². The Hall–Kier alpha value is -2.87. The van der Waals surface area contributed by atoms with Gasteiger partial charge in [-0.2, -0.15) is 9.30 Å². The molecule has 1 aliphatic heterocycles. The molecular formula is C24H27N3O7S3. The van der Waals surface area contributed by atoms with Gasteiger partial charge >= 0.3 is 5.97 Å². The minimum atomic E-state index is -3.66. The number of benzene rings is 2. The number of thiazole rings is 1. The molecule has 2 aromatic carbocycles. The molecule has 3 aromatic rings. The summed E-state index contributed by atoms with van der Waals surface area (Å²) in [5.74, 6) is -0.916. The minimum absolute atomic E-state index is 0.101. The maximum Gasteiger partial charge on any atom is 0.325 e. The predicted octanol–water partition coefficient (Wildman–Crippen LogP) is 2.44. The molecule has 1 saturated heterocycles. The van der Waals surface area contributed by atoms with E-state index in [-0.39, 0.29) is 32.6 Å². The lowest BCUT2D eigenvalue weighted by Crippen LogP contribution is -2.39. The molecule has 37 heavy (non-hydrogen) atoms. The van der Waals surface area contributed by atoms with Crippen molar-refractivity contribution in [2.24, 2.45) is 10.9 Å². The normalized spacial score (nSPS) is 17.7. The van der Waals surface area contributed by atoms with Gasteiger partial charge in [0.25, 0.3) is 5.91 Å². The summed E-state index contributed by atoms with van der Waals surface area (Å²) in [6.45, 7) is 2.72. The van der Waals surface area contributed by atoms with E-state index in [1.807, 2.05) is 6.92 Å². The Morgan fingerprint density at radius 1 is 1.08 bits per heavy atom. The second-order valence-electron chi connectivity index (χ2n) is 9.00. The van der Waals surface area contributed by atoms with Crippen molar-refractivity contribution in [2.75, 3.05) is 26.5 Å². The number of carbonyl (C=O) groups is 2. The summed E-state index contributed by atoms with van der Waals surface area (Å²) in [5, 5.41) is 0. The van der Waals surface area contributed by atoms with Crippen molar-refractivity contribution in [1.29, 1.82) is 0 Å². The van der Waals surface area contributed by atoms with Gasteiger partial charge in [0.1, 0.15) is 6.54 Å². The highest BCUT2D eigenvalue weighted by Crippen LogP contribution is 2.24. The van der Waals surface area contributed by atoms with E-state index < -0.39 is 31.7 Å². The second-order valence-corrected chi connectivity index (χ2v) is 14.0. The van der Waals surface area contributed by atoms with Crippen LogP contribution in [0.4, 0.5) is 0 Å². The first kappa shape index (κ1) is 27.2. The van der Waals surface area contributed by atoms with E-state index in [9.17, 15) is 26.4 Å². The SMILES string of the molecule is COC(=O)Cn1c(=NC(=O)c2ccc(S(=O)(=O)N3CCCC(C)C3)cc2)sc2cc(S(C)(=O)=O)ccc21. The fourth-order valence-electron chi connectivity index (χ4n) is 4.15. The minimum Gasteiger partial charge on any atom is -0.468 e. The lowest BCUT2D eigenvalue weighted by molar-refractivity contribution is -0.141. The number of methoxy groups -OCH3 is 1. The van der Waals surface area contributed by atoms with Crippen molar-refractivity contribution in [3.8, 4) is 0 Å². The molecule has 0 aliphatic carbocycles. The lowest BCUT2D eigenvalue weighted by Gasteiger charge is -2.30. The number of sulfone groups is 1. The zero-order chi connectivity index (χ0) is 27.0. The summed E-state index contributed by atoms with van der Waals surface area (Å²) in [7, 11) is -5.89. The van der Waals surface area contributed by atoms with Crippen LogP contribution in [0.15, 0.2) is 57.2 Å². The topological polar surface area (TPSA) is 132 Å². The van der Waals surface area contributed by atoms with E-state index in [0.717, 1.165) is 30.4 Å². The first-order valence-electron chi connectivity index (χ1n) is 11.5. The maximum absolute atomic E-state index is 13.0. The summed E-state index contributed by atoms with van der Waals surface area (Å²) < 4.78 is 58.2. The Labute approximate surface area is 219 Å². The number of sulfonamides is 1. The van der Waals surface area contributed by atoms with E-state index in [0.29, 0.717) is 23.3 Å². The van der Waals surface area contributed by atoms with Crippen LogP contribution in [0.3, 0.4) is 0 Å². The van der Waals surface area contributed by atoms with Crippen LogP contribution in [-0.4, -0.2) is 64.0 Å². The summed E-state index contributed by atoms with van der Waals surface area (Å²) in [6.07, 6.45) is 2.89. The summed E-state index contributed by atoms with van der Waals surface area (Å²) >= 11 is 1.06. The molecule has 13 heteroatoms. The fraction of sp³-hybridized carbons (Fsp3) is 0.375. The Balaban J connectivity index is 1.70. The molecule has 1 atom stereocenters. The third-order valence-corrected chi connectivity index (χ3v) is 10.2. The number of rotatable bonds is 6. The van der Waals surface area contributed by atoms with Gasteiger partial charge in [0.2, 0.25) is 10.0 Å². The number of aromatic nitrogens is 1. The number of piperidine rings is 1. The Kier molecular flexibility index (Phi) is 7.70. The van der Waals surface area contributed by atoms with Gasteiger partial charge in [-0.3, -0.25) is 9.59 Å². The largest absolute Gasteiger partial charge is 0.468 e. The molecule has 4 rings (SSSR count). The monoisotopic (exact) mass is 565 g/mol. The van der Waals surface area contributed by atoms with Crippen molar-refractivity contribution in [2.45, 2.75) is 36.1 Å². The number of nitrogens with zero attached hydrogens (tertiary/aromatic N) is 3. The number of amides is 1. The Morgan fingerprint density at radius 2 is 1.76 bits per heavy atom. The highest BCUT2D eigenvalue weighted by atomic mass is 32.2. The van der Waals surface area contributed by atoms with Crippen molar-refractivity contribution >= 4 is 53.3 Å². The number of carbonyl (C=O) groups excluding carboxylic acids is 2. The second kappa shape index (κ2) is 10.5. The van der Waals surface area contributed by atoms with Gasteiger partial charge in [-0.1, -0.05) is 18.3 Å². The molecule has 1 aromatic heterocycles. The van der Waals surface area contributed by atoms with Gasteiger partial charge in [-0.05, 0) is 61.2 Å². The van der Waals surface area contributed by atoms with E-state index in [2.05, 4.69) is 4.99 Å². The van der Waals surface area contributed by atoms with Crippen molar-refractivity contribution in [3.63, 3.8) is 0 Å². The number of fused-ring (bicyclic) bond motifs is 1. The molecule has 0 N–H and O–H groups in total. The average molecular weight is 566 g/mol. The molecule has 10 nitrogen and oxygen atoms in total. The molecule has 1 aliphatic rings. The zero-order valence-electron chi connectivity index (χ0n) is 20.6. The van der Waals surface area contributed by atoms with Crippen molar-refractivity contribution in [1.82, 2.24) is 8.87 Å². The Morgan fingerprint density at radius 3 is 2.38 bits per heavy atom. The van der Waals surface area contributed by atoms with E-state index >= 15 is 0 Å². The molecule has 1 amide bonds. The zero-order valence-corrected chi connectivity index (χ0v) is 23.0. The third-order valence-electron chi connectivity index (χ3n) is 6.15. The molecule has 0 bridgehead atoms. The van der Waals surface area contributed by atoms with E-state index in [1.54, 1.807) is 6.07 Å². The molecule has 0 spiro atoms. The lowest BCUT2D eigenvalue weighted by atomic mass is 10.0. The van der Waals surface area contributed by atoms with Crippen LogP contribution in [0.5, 0.6) is 0 Å². The van der Waals surface area contributed by atoms with Crippen molar-refractivity contribution in [3.05, 3.63) is 52.8 Å². The highest BCUT2D eigenvalue weighted by molar-refractivity contribution is 7.90. The van der Waals surface area contributed by atoms with Crippen LogP contribution >= 0.6 is 11.3 Å². The maximum atomic E-state index is 13.0. The third kappa shape index (κ3) is 5.84. The molecule has 1 fully saturated rings. The highest BCUT2D eigenvalue weighted by Gasteiger charge is 2.28. The molecule has 198 valence electrons. The summed E-state index contributed by atoms with van der Waals surface area (Å²) in [6, 6.07) is 10.0. The molecular weight excluding hydrogens is 538 g/mol. The molecule has 1 unspecified atom stereocenters. The predicted molar refractivity (Wildman–Crippen MR) is 138 cm³/mol. The first-order valence-corrected chi connectivity index (χ1v) is 15.6. The van der Waals surface area contributed by atoms with Gasteiger partial charge in [0.05, 0.1) is 27.1 Å². The number of hydrogen-bond donors (Lipinski definition) is 0. The van der Waals surface area contributed by atoms with Crippen LogP contribution in [0, 0.1) is 5.92 Å². The standard InChI is InChI=1S/C24H27N3O7S3/c1-16-5-4-12-26(14-16)37(32,33)18-8-6-17(7-9-18)23(29)25-24-27(15-22(28)34-2)20-11-10-19(36(3,30)31)13-21(20)35-24/h6-11,13,16H,4-5,12,14-15H2,1-3H3. The van der Waals surface area contributed by atoms with Gasteiger partial charge in [0, 0.05) is 24.9 Å². The number of esters is 1. The smallest absolute Gasteiger partial charge is 0.325 e. The molecule has 2 heterocycles. The van der Waals surface area contributed by atoms with E-state index in [4.69, 9.17) is 4.74 Å².